The third-order valence-corrected chi connectivity index (χ3v) is 9.41. The molecule has 4 atom stereocenters. The van der Waals surface area contributed by atoms with Gasteiger partial charge in [0.15, 0.2) is 4.33 Å². The summed E-state index contributed by atoms with van der Waals surface area (Å²) in [6.45, 7) is 0. The first kappa shape index (κ1) is 22.9. The summed E-state index contributed by atoms with van der Waals surface area (Å²) in [4.78, 5) is 21.1. The van der Waals surface area contributed by atoms with E-state index in [1.807, 2.05) is 0 Å². The van der Waals surface area contributed by atoms with Gasteiger partial charge in [-0.2, -0.15) is 0 Å². The maximum Gasteiger partial charge on any atom is 0.309 e. The van der Waals surface area contributed by atoms with Crippen LogP contribution in [0.4, 0.5) is 5.69 Å². The Morgan fingerprint density at radius 3 is 2.03 bits per heavy atom. The fraction of sp³-hybridized carbons (Fsp3) is 0.412. The molecule has 0 saturated heterocycles. The summed E-state index contributed by atoms with van der Waals surface area (Å²) in [6.07, 6.45) is 0. The van der Waals surface area contributed by atoms with Crippen LogP contribution in [-0.2, 0) is 9.59 Å². The lowest BCUT2D eigenvalue weighted by Crippen LogP contribution is -2.47. The number of carboxylic acid groups (broad SMARTS) is 1. The summed E-state index contributed by atoms with van der Waals surface area (Å²) in [5.74, 6) is -4.81. The van der Waals surface area contributed by atoms with E-state index in [9.17, 15) is 14.7 Å². The largest absolute Gasteiger partial charge is 0.497 e. The predicted octanol–water partition coefficient (Wildman–Crippen LogP) is 4.80. The number of aliphatic carboxylic acids is 1. The fourth-order valence-corrected chi connectivity index (χ4v) is 6.68. The second kappa shape index (κ2) is 7.43. The minimum Gasteiger partial charge on any atom is -0.497 e. The van der Waals surface area contributed by atoms with Crippen molar-refractivity contribution in [1.29, 1.82) is 0 Å². The van der Waals surface area contributed by atoms with Crippen molar-refractivity contribution in [1.82, 2.24) is 0 Å². The van der Waals surface area contributed by atoms with Crippen molar-refractivity contribution in [3.63, 3.8) is 0 Å². The number of allylic oxidation sites excluding steroid dienone is 2. The number of rotatable bonds is 5. The second-order valence-corrected chi connectivity index (χ2v) is 9.75. The molecular formula is C17H13Cl6NO5. The van der Waals surface area contributed by atoms with E-state index >= 15 is 0 Å². The van der Waals surface area contributed by atoms with Gasteiger partial charge in [0.1, 0.15) is 21.2 Å². The van der Waals surface area contributed by atoms with Gasteiger partial charge in [-0.15, -0.1) is 23.2 Å². The molecule has 29 heavy (non-hydrogen) atoms. The first-order valence-electron chi connectivity index (χ1n) is 7.97. The van der Waals surface area contributed by atoms with Crippen molar-refractivity contribution in [3.05, 3.63) is 28.3 Å². The van der Waals surface area contributed by atoms with Crippen LogP contribution >= 0.6 is 69.6 Å². The number of methoxy groups -OCH3 is 2. The van der Waals surface area contributed by atoms with E-state index in [1.54, 1.807) is 12.1 Å². The van der Waals surface area contributed by atoms with E-state index in [4.69, 9.17) is 79.1 Å². The van der Waals surface area contributed by atoms with E-state index in [1.165, 1.54) is 20.3 Å². The van der Waals surface area contributed by atoms with Crippen molar-refractivity contribution >= 4 is 87.2 Å². The minimum absolute atomic E-state index is 0.202. The molecule has 1 aromatic rings. The van der Waals surface area contributed by atoms with Crippen molar-refractivity contribution in [2.75, 3.05) is 19.5 Å². The predicted molar refractivity (Wildman–Crippen MR) is 113 cm³/mol. The fourth-order valence-electron chi connectivity index (χ4n) is 3.75. The average Bonchev–Trinajstić information content (AvgIpc) is 2.87. The Bertz CT molecular complexity index is 937. The number of ether oxygens (including phenoxy) is 2. The molecule has 0 aromatic heterocycles. The van der Waals surface area contributed by atoms with Gasteiger partial charge in [0, 0.05) is 6.07 Å². The van der Waals surface area contributed by atoms with E-state index in [0.717, 1.165) is 0 Å². The Hall–Kier alpha value is -0.760. The number of hydrogen-bond acceptors (Lipinski definition) is 4. The number of carbonyl (C=O) groups excluding carboxylic acids is 1. The van der Waals surface area contributed by atoms with Crippen molar-refractivity contribution in [2.45, 2.75) is 14.1 Å². The van der Waals surface area contributed by atoms with Crippen LogP contribution in [0.15, 0.2) is 28.3 Å². The van der Waals surface area contributed by atoms with Crippen molar-refractivity contribution in [2.24, 2.45) is 11.8 Å². The molecule has 3 rings (SSSR count). The summed E-state index contributed by atoms with van der Waals surface area (Å²) in [7, 11) is 2.84. The van der Waals surface area contributed by atoms with Crippen LogP contribution in [0.25, 0.3) is 0 Å². The number of benzene rings is 1. The number of fused-ring (bicyclic) bond motifs is 2. The number of hydrogen-bond donors (Lipinski definition) is 2. The van der Waals surface area contributed by atoms with Gasteiger partial charge < -0.3 is 19.9 Å². The topological polar surface area (TPSA) is 84.9 Å². The van der Waals surface area contributed by atoms with Gasteiger partial charge in [0.25, 0.3) is 0 Å². The van der Waals surface area contributed by atoms with Gasteiger partial charge in [-0.25, -0.2) is 0 Å². The smallest absolute Gasteiger partial charge is 0.309 e. The third kappa shape index (κ3) is 2.83. The first-order chi connectivity index (χ1) is 13.4. The molecule has 2 N–H and O–H groups in total. The van der Waals surface area contributed by atoms with Crippen LogP contribution < -0.4 is 14.8 Å². The Morgan fingerprint density at radius 2 is 1.55 bits per heavy atom. The molecule has 0 heterocycles. The number of anilines is 1. The van der Waals surface area contributed by atoms with Gasteiger partial charge in [-0.1, -0.05) is 46.4 Å². The zero-order valence-electron chi connectivity index (χ0n) is 14.7. The van der Waals surface area contributed by atoms with Gasteiger partial charge in [-0.3, -0.25) is 9.59 Å². The highest BCUT2D eigenvalue weighted by atomic mass is 35.5. The van der Waals surface area contributed by atoms with Crippen LogP contribution in [0, 0.1) is 11.8 Å². The summed E-state index contributed by atoms with van der Waals surface area (Å²) in [5, 5.41) is 11.8. The standard InChI is InChI=1S/C17H13Cl6NO5/c1-28-6-3-4-8(29-2)7(5-6)24-13(25)9-10(14(26)27)16(21)12(19)11(18)15(9,20)17(16,22)23/h3-5,9-10H,1-2H3,(H,24,25)(H,26,27)/t9-,10+,15+,16+/m1/s1. The SMILES string of the molecule is COc1ccc(OC)c(NC(=O)[C@H]2[C@@H](C(=O)O)[C@]3(Cl)C(Cl)=C(Cl)[C@]2(Cl)C3(Cl)Cl)c1. The summed E-state index contributed by atoms with van der Waals surface area (Å²) in [6, 6.07) is 4.65. The molecule has 1 fully saturated rings. The monoisotopic (exact) mass is 521 g/mol. The lowest BCUT2D eigenvalue weighted by atomic mass is 9.81. The maximum absolute atomic E-state index is 13.2. The normalized spacial score (nSPS) is 32.3. The van der Waals surface area contributed by atoms with E-state index < -0.39 is 37.8 Å². The summed E-state index contributed by atoms with van der Waals surface area (Å²) >= 11 is 38.3. The van der Waals surface area contributed by atoms with Crippen molar-refractivity contribution < 1.29 is 24.2 Å². The van der Waals surface area contributed by atoms with Crippen LogP contribution in [0.3, 0.4) is 0 Å². The van der Waals surface area contributed by atoms with Gasteiger partial charge in [-0.05, 0) is 12.1 Å². The maximum atomic E-state index is 13.2. The van der Waals surface area contributed by atoms with E-state index in [0.29, 0.717) is 11.5 Å². The lowest BCUT2D eigenvalue weighted by Gasteiger charge is -2.33. The molecule has 2 bridgehead atoms. The Labute approximate surface area is 195 Å². The molecule has 0 radical (unpaired) electrons. The third-order valence-electron chi connectivity index (χ3n) is 5.15. The number of amides is 1. The Kier molecular flexibility index (Phi) is 5.87. The Balaban J connectivity index is 2.11. The number of carbonyl (C=O) groups is 2. The summed E-state index contributed by atoms with van der Waals surface area (Å²) in [5.41, 5.74) is 0.202. The van der Waals surface area contributed by atoms with Crippen LogP contribution in [0.2, 0.25) is 0 Å². The second-order valence-electron chi connectivity index (χ2n) is 6.47. The first-order valence-corrected chi connectivity index (χ1v) is 10.2. The zero-order valence-corrected chi connectivity index (χ0v) is 19.3. The molecule has 1 saturated carbocycles. The molecule has 2 aliphatic carbocycles. The van der Waals surface area contributed by atoms with Crippen LogP contribution in [-0.4, -0.2) is 45.3 Å². The highest BCUT2D eigenvalue weighted by molar-refractivity contribution is 6.66. The molecule has 1 amide bonds. The van der Waals surface area contributed by atoms with E-state index in [2.05, 4.69) is 5.32 Å². The number of halogens is 6. The van der Waals surface area contributed by atoms with Gasteiger partial charge in [0.05, 0.1) is 41.8 Å². The molecule has 2 aliphatic rings. The molecule has 12 heteroatoms. The molecule has 0 unspecified atom stereocenters. The zero-order chi connectivity index (χ0) is 21.9. The lowest BCUT2D eigenvalue weighted by molar-refractivity contribution is -0.146. The quantitative estimate of drug-likeness (QED) is 0.541. The highest BCUT2D eigenvalue weighted by Gasteiger charge is 2.85. The minimum atomic E-state index is -2.18. The number of nitrogens with one attached hydrogen (secondary N) is 1. The average molecular weight is 524 g/mol. The molecule has 1 aromatic carbocycles. The van der Waals surface area contributed by atoms with Crippen molar-refractivity contribution in [3.8, 4) is 11.5 Å². The summed E-state index contributed by atoms with van der Waals surface area (Å²) < 4.78 is 8.17. The molecule has 0 aliphatic heterocycles. The van der Waals surface area contributed by atoms with Crippen LogP contribution in [0.5, 0.6) is 11.5 Å². The van der Waals surface area contributed by atoms with Gasteiger partial charge in [0.2, 0.25) is 5.91 Å². The Morgan fingerprint density at radius 1 is 1.00 bits per heavy atom. The molecule has 0 spiro atoms. The molecule has 6 nitrogen and oxygen atoms in total. The highest BCUT2D eigenvalue weighted by Crippen LogP contribution is 2.76. The number of alkyl halides is 4. The van der Waals surface area contributed by atoms with Crippen LogP contribution in [0.1, 0.15) is 0 Å². The van der Waals surface area contributed by atoms with E-state index in [-0.39, 0.29) is 15.8 Å². The molecular weight excluding hydrogens is 511 g/mol. The van der Waals surface area contributed by atoms with Gasteiger partial charge >= 0.3 is 5.97 Å². The molecule has 158 valence electrons. The number of carboxylic acids is 1.